The van der Waals surface area contributed by atoms with Crippen molar-refractivity contribution in [2.75, 3.05) is 0 Å². The zero-order chi connectivity index (χ0) is 36.9. The number of nitrogens with zero attached hydrogens (tertiary/aromatic N) is 1. The van der Waals surface area contributed by atoms with Gasteiger partial charge in [-0.15, -0.1) is 5.46 Å². The van der Waals surface area contributed by atoms with Gasteiger partial charge in [0, 0.05) is 23.7 Å². The van der Waals surface area contributed by atoms with Crippen molar-refractivity contribution in [2.24, 2.45) is 4.52 Å². The molecule has 4 rings (SSSR count). The smallest absolute Gasteiger partial charge is 0.207 e. The fourth-order valence-corrected chi connectivity index (χ4v) is 22.5. The van der Waals surface area contributed by atoms with Crippen LogP contribution in [0.15, 0.2) is 4.52 Å². The van der Waals surface area contributed by atoms with Crippen LogP contribution in [-0.2, 0) is 0 Å². The molecule has 48 heavy (non-hydrogen) atoms. The van der Waals surface area contributed by atoms with Gasteiger partial charge in [-0.1, -0.05) is 38.6 Å². The van der Waals surface area contributed by atoms with E-state index in [2.05, 4.69) is 0 Å². The van der Waals surface area contributed by atoms with Gasteiger partial charge in [-0.3, -0.25) is 0 Å². The van der Waals surface area contributed by atoms with Crippen LogP contribution in [0.5, 0.6) is 0 Å². The van der Waals surface area contributed by atoms with Crippen molar-refractivity contribution in [2.45, 2.75) is 78.0 Å². The Hall–Kier alpha value is -2.60. The Morgan fingerprint density at radius 2 is 0.646 bits per heavy atom. The quantitative estimate of drug-likeness (QED) is 0.0787. The average molecular weight is 741 g/mol. The van der Waals surface area contributed by atoms with Gasteiger partial charge in [-0.2, -0.15) is 4.52 Å². The molecule has 0 atom stereocenters. The van der Waals surface area contributed by atoms with E-state index in [1.165, 1.54) is 55.4 Å². The molecule has 0 spiro atoms. The molecule has 3 aromatic rings. The Bertz CT molecular complexity index is 1780. The summed E-state index contributed by atoms with van der Waals surface area (Å²) in [6, 6.07) is 0. The summed E-state index contributed by atoms with van der Waals surface area (Å²) in [5.74, 6) is -43.9. The molecule has 264 valence electrons. The van der Waals surface area contributed by atoms with Crippen LogP contribution in [0.1, 0.15) is 55.4 Å². The number of benzene rings is 3. The summed E-state index contributed by atoms with van der Waals surface area (Å²) in [6.45, 7) is 10.2. The van der Waals surface area contributed by atoms with Gasteiger partial charge in [0.15, 0.2) is 52.4 Å². The standard InChI is InChI=1S/C30H28BF14NP2/c1-9(2)47(10(3)4)30-15(20(36)25(41)28(44)29(30)45)31(48(46-47,11(5)6)12(7)8,13-16(32)21(37)26(42)22(38)17(13)33)14-18(34)23(39)27(43)24(40)19(14)35/h9-12H,1-8H3. The summed E-state index contributed by atoms with van der Waals surface area (Å²) in [6.07, 6.45) is 0. The third kappa shape index (κ3) is 4.45. The SMILES string of the molecule is CC(C)P1(C(C)C)=N[P+](C(C)C)(C(C)C)[B-](c2c(F)c(F)c(F)c(F)c2F)(c2c(F)c(F)c(F)c(F)c2F)c2c(F)c(F)c(F)c(F)c21. The van der Waals surface area contributed by atoms with Crippen molar-refractivity contribution >= 4 is 41.9 Å². The minimum Gasteiger partial charge on any atom is -0.207 e. The molecule has 0 N–H and O–H groups in total. The molecule has 1 nitrogen and oxygen atoms in total. The second-order valence-electron chi connectivity index (χ2n) is 12.8. The monoisotopic (exact) mass is 741 g/mol. The molecular formula is C30H28BF14NP2. The molecule has 0 fully saturated rings. The second-order valence-corrected chi connectivity index (χ2v) is 21.9. The third-order valence-electron chi connectivity index (χ3n) is 9.53. The first-order chi connectivity index (χ1) is 22.0. The zero-order valence-corrected chi connectivity index (χ0v) is 28.3. The lowest BCUT2D eigenvalue weighted by atomic mass is 9.33. The summed E-state index contributed by atoms with van der Waals surface area (Å²) in [7, 11) is -8.87. The average Bonchev–Trinajstić information content (AvgIpc) is 3.01. The van der Waals surface area contributed by atoms with Gasteiger partial charge >= 0.3 is 0 Å². The highest BCUT2D eigenvalue weighted by atomic mass is 31.2. The molecule has 0 aliphatic carbocycles. The van der Waals surface area contributed by atoms with Crippen LogP contribution in [-0.4, -0.2) is 28.5 Å². The van der Waals surface area contributed by atoms with E-state index in [-0.39, 0.29) is 0 Å². The van der Waals surface area contributed by atoms with Gasteiger partial charge in [0.05, 0.1) is 0 Å². The Morgan fingerprint density at radius 1 is 0.396 bits per heavy atom. The number of hydrogen-bond acceptors (Lipinski definition) is 1. The first-order valence-corrected chi connectivity index (χ1v) is 18.4. The summed E-state index contributed by atoms with van der Waals surface area (Å²) in [4.78, 5) is 0. The first kappa shape index (κ1) is 38.2. The summed E-state index contributed by atoms with van der Waals surface area (Å²) < 4.78 is 224. The lowest BCUT2D eigenvalue weighted by molar-refractivity contribution is 0.382. The lowest BCUT2D eigenvalue weighted by Crippen LogP contribution is -2.78. The molecule has 0 amide bonds. The fourth-order valence-electron chi connectivity index (χ4n) is 7.79. The van der Waals surface area contributed by atoms with Crippen LogP contribution >= 0.6 is 14.3 Å². The molecule has 0 saturated heterocycles. The van der Waals surface area contributed by atoms with Gasteiger partial charge in [0.2, 0.25) is 0 Å². The van der Waals surface area contributed by atoms with Crippen LogP contribution in [0.25, 0.3) is 0 Å². The largest absolute Gasteiger partial charge is 0.287 e. The van der Waals surface area contributed by atoms with E-state index in [0.29, 0.717) is 0 Å². The maximum absolute atomic E-state index is 16.8. The van der Waals surface area contributed by atoms with E-state index in [4.69, 9.17) is 4.52 Å². The fraction of sp³-hybridized carbons (Fsp3) is 0.400. The van der Waals surface area contributed by atoms with Gasteiger partial charge < -0.3 is 0 Å². The number of halogens is 14. The molecule has 0 unspecified atom stereocenters. The highest BCUT2D eigenvalue weighted by Gasteiger charge is 2.70. The van der Waals surface area contributed by atoms with E-state index in [1.54, 1.807) is 0 Å². The Kier molecular flexibility index (Phi) is 9.81. The van der Waals surface area contributed by atoms with Crippen molar-refractivity contribution in [3.05, 3.63) is 81.4 Å². The molecule has 0 radical (unpaired) electrons. The van der Waals surface area contributed by atoms with E-state index in [1.807, 2.05) is 0 Å². The van der Waals surface area contributed by atoms with E-state index in [9.17, 15) is 8.78 Å². The maximum atomic E-state index is 16.8. The first-order valence-electron chi connectivity index (χ1n) is 14.5. The zero-order valence-electron chi connectivity index (χ0n) is 26.5. The minimum absolute atomic E-state index is 1.01. The highest BCUT2D eigenvalue weighted by Crippen LogP contribution is 2.82. The van der Waals surface area contributed by atoms with Gasteiger partial charge in [0.1, 0.15) is 29.1 Å². The molecule has 0 aromatic heterocycles. The van der Waals surface area contributed by atoms with E-state index < -0.39 is 146 Å². The molecule has 0 bridgehead atoms. The summed E-state index contributed by atoms with van der Waals surface area (Å²) in [5.41, 5.74) is -11.3. The van der Waals surface area contributed by atoms with Crippen molar-refractivity contribution in [3.8, 4) is 0 Å². The van der Waals surface area contributed by atoms with Crippen LogP contribution in [0.4, 0.5) is 61.5 Å². The van der Waals surface area contributed by atoms with E-state index >= 15 is 52.7 Å². The van der Waals surface area contributed by atoms with Crippen LogP contribution in [0, 0.1) is 81.4 Å². The normalized spacial score (nSPS) is 16.7. The molecule has 1 heterocycles. The predicted molar refractivity (Wildman–Crippen MR) is 160 cm³/mol. The van der Waals surface area contributed by atoms with Crippen molar-refractivity contribution in [3.63, 3.8) is 0 Å². The number of fused-ring (bicyclic) bond motifs is 1. The Morgan fingerprint density at radius 3 is 0.917 bits per heavy atom. The molecule has 1 aliphatic heterocycles. The topological polar surface area (TPSA) is 12.4 Å². The van der Waals surface area contributed by atoms with Crippen LogP contribution in [0.3, 0.4) is 0 Å². The third-order valence-corrected chi connectivity index (χ3v) is 21.6. The van der Waals surface area contributed by atoms with Crippen LogP contribution < -0.4 is 21.7 Å². The highest BCUT2D eigenvalue weighted by molar-refractivity contribution is 8.16. The van der Waals surface area contributed by atoms with Crippen molar-refractivity contribution < 1.29 is 61.5 Å². The van der Waals surface area contributed by atoms with Crippen molar-refractivity contribution in [1.29, 1.82) is 0 Å². The lowest BCUT2D eigenvalue weighted by Gasteiger charge is -2.59. The predicted octanol–water partition coefficient (Wildman–Crippen LogP) is 9.01. The van der Waals surface area contributed by atoms with Crippen molar-refractivity contribution in [1.82, 2.24) is 0 Å². The van der Waals surface area contributed by atoms with Gasteiger partial charge in [-0.05, 0) is 46.3 Å². The molecule has 1 aliphatic rings. The molecule has 3 aromatic carbocycles. The Labute approximate surface area is 267 Å². The van der Waals surface area contributed by atoms with Gasteiger partial charge in [0.25, 0.3) is 5.87 Å². The molecule has 0 saturated carbocycles. The second kappa shape index (κ2) is 12.3. The molecule has 18 heteroatoms. The van der Waals surface area contributed by atoms with Crippen LogP contribution in [0.2, 0.25) is 0 Å². The maximum Gasteiger partial charge on any atom is 0.287 e. The summed E-state index contributed by atoms with van der Waals surface area (Å²) >= 11 is 0. The van der Waals surface area contributed by atoms with Gasteiger partial charge in [-0.25, -0.2) is 61.5 Å². The molecular weight excluding hydrogens is 713 g/mol. The van der Waals surface area contributed by atoms with E-state index in [0.717, 1.165) is 0 Å². The number of rotatable bonds is 6. The number of hydrogen-bond donors (Lipinski definition) is 0. The Balaban J connectivity index is 2.77. The minimum atomic E-state index is -5.35. The summed E-state index contributed by atoms with van der Waals surface area (Å²) in [5, 5.41) is -1.33.